The summed E-state index contributed by atoms with van der Waals surface area (Å²) in [6.07, 6.45) is -1.03. The van der Waals surface area contributed by atoms with Crippen molar-refractivity contribution in [3.8, 4) is 11.3 Å². The standard InChI is InChI=1S/C19H23N3O7/c1-10-14(6-16(19(27)28)29-18(10)17(26)15(25)9-24)22-7-13(20-21-22)12-4-2-11(8-23)3-5-12/h2-7,10,14-15,17-18,23-26H,8-9H2,1H3,(H,27,28)/t10-,14+,15-,17-,18-/m1/s1. The van der Waals surface area contributed by atoms with E-state index in [2.05, 4.69) is 10.3 Å². The third-order valence-electron chi connectivity index (χ3n) is 5.02. The number of allylic oxidation sites excluding steroid dienone is 1. The molecule has 2 aromatic rings. The number of hydrogen-bond acceptors (Lipinski definition) is 8. The van der Waals surface area contributed by atoms with Crippen LogP contribution >= 0.6 is 0 Å². The second-order valence-corrected chi connectivity index (χ2v) is 6.95. The molecule has 29 heavy (non-hydrogen) atoms. The summed E-state index contributed by atoms with van der Waals surface area (Å²) in [5.74, 6) is -2.19. The lowest BCUT2D eigenvalue weighted by Gasteiger charge is -2.37. The third kappa shape index (κ3) is 4.30. The largest absolute Gasteiger partial charge is 0.480 e. The molecule has 1 aliphatic heterocycles. The van der Waals surface area contributed by atoms with Crippen LogP contribution in [-0.4, -0.2) is 71.4 Å². The van der Waals surface area contributed by atoms with Crippen LogP contribution in [0.15, 0.2) is 42.3 Å². The van der Waals surface area contributed by atoms with Gasteiger partial charge in [0.1, 0.15) is 24.0 Å². The van der Waals surface area contributed by atoms with Crippen molar-refractivity contribution in [2.45, 2.75) is 37.9 Å². The first-order chi connectivity index (χ1) is 13.8. The van der Waals surface area contributed by atoms with Crippen LogP contribution in [0.5, 0.6) is 0 Å². The lowest BCUT2D eigenvalue weighted by molar-refractivity contribution is -0.148. The molecule has 0 unspecified atom stereocenters. The number of nitrogens with zero attached hydrogens (tertiary/aromatic N) is 3. The highest BCUT2D eigenvalue weighted by atomic mass is 16.5. The van der Waals surface area contributed by atoms with Crippen molar-refractivity contribution in [3.05, 3.63) is 47.9 Å². The molecule has 5 atom stereocenters. The van der Waals surface area contributed by atoms with E-state index in [0.29, 0.717) is 5.69 Å². The first-order valence-corrected chi connectivity index (χ1v) is 9.06. The van der Waals surface area contributed by atoms with Gasteiger partial charge in [0.15, 0.2) is 0 Å². The minimum absolute atomic E-state index is 0.0707. The molecular formula is C19H23N3O7. The molecule has 1 aromatic heterocycles. The number of ether oxygens (including phenoxy) is 1. The van der Waals surface area contributed by atoms with Gasteiger partial charge in [-0.25, -0.2) is 9.48 Å². The molecule has 1 aromatic carbocycles. The fourth-order valence-electron chi connectivity index (χ4n) is 3.28. The number of carboxylic acids is 1. The predicted octanol–water partition coefficient (Wildman–Crippen LogP) is -0.304. The molecule has 0 amide bonds. The summed E-state index contributed by atoms with van der Waals surface area (Å²) >= 11 is 0. The highest BCUT2D eigenvalue weighted by Gasteiger charge is 2.41. The molecule has 0 saturated carbocycles. The Bertz CT molecular complexity index is 880. The number of carbonyl (C=O) groups is 1. The predicted molar refractivity (Wildman–Crippen MR) is 99.3 cm³/mol. The average Bonchev–Trinajstić information content (AvgIpc) is 3.22. The van der Waals surface area contributed by atoms with E-state index in [-0.39, 0.29) is 12.4 Å². The van der Waals surface area contributed by atoms with Gasteiger partial charge in [0, 0.05) is 11.5 Å². The maximum Gasteiger partial charge on any atom is 0.370 e. The molecule has 0 saturated heterocycles. The van der Waals surface area contributed by atoms with Crippen LogP contribution in [0.25, 0.3) is 11.3 Å². The molecule has 1 aliphatic rings. The van der Waals surface area contributed by atoms with Gasteiger partial charge in [0.25, 0.3) is 0 Å². The summed E-state index contributed by atoms with van der Waals surface area (Å²) in [6.45, 7) is 0.954. The Morgan fingerprint density at radius 3 is 2.52 bits per heavy atom. The van der Waals surface area contributed by atoms with Crippen molar-refractivity contribution in [1.29, 1.82) is 0 Å². The van der Waals surface area contributed by atoms with E-state index < -0.39 is 42.8 Å². The molecular weight excluding hydrogens is 382 g/mol. The zero-order valence-corrected chi connectivity index (χ0v) is 15.7. The molecule has 5 N–H and O–H groups in total. The van der Waals surface area contributed by atoms with Gasteiger partial charge in [-0.3, -0.25) is 0 Å². The Morgan fingerprint density at radius 2 is 1.93 bits per heavy atom. The monoisotopic (exact) mass is 405 g/mol. The number of aliphatic hydroxyl groups excluding tert-OH is 4. The molecule has 2 heterocycles. The molecule has 0 spiro atoms. The smallest absolute Gasteiger partial charge is 0.370 e. The van der Waals surface area contributed by atoms with Crippen LogP contribution in [-0.2, 0) is 16.1 Å². The zero-order chi connectivity index (χ0) is 21.1. The summed E-state index contributed by atoms with van der Waals surface area (Å²) in [5, 5.41) is 55.9. The van der Waals surface area contributed by atoms with E-state index in [4.69, 9.17) is 14.9 Å². The molecule has 10 heteroatoms. The summed E-state index contributed by atoms with van der Waals surface area (Å²) < 4.78 is 6.84. The fraction of sp³-hybridized carbons (Fsp3) is 0.421. The number of aromatic nitrogens is 3. The number of aliphatic hydroxyl groups is 4. The van der Waals surface area contributed by atoms with Crippen LogP contribution in [0.3, 0.4) is 0 Å². The van der Waals surface area contributed by atoms with E-state index >= 15 is 0 Å². The van der Waals surface area contributed by atoms with Crippen LogP contribution in [0, 0.1) is 5.92 Å². The van der Waals surface area contributed by atoms with Crippen molar-refractivity contribution in [3.63, 3.8) is 0 Å². The van der Waals surface area contributed by atoms with Gasteiger partial charge < -0.3 is 30.3 Å². The van der Waals surface area contributed by atoms with Gasteiger partial charge in [0.2, 0.25) is 5.76 Å². The number of benzene rings is 1. The maximum absolute atomic E-state index is 11.5. The first-order valence-electron chi connectivity index (χ1n) is 9.06. The Balaban J connectivity index is 1.92. The van der Waals surface area contributed by atoms with Gasteiger partial charge in [-0.05, 0) is 11.6 Å². The molecule has 0 aliphatic carbocycles. The van der Waals surface area contributed by atoms with Crippen molar-refractivity contribution in [2.24, 2.45) is 5.92 Å². The van der Waals surface area contributed by atoms with Gasteiger partial charge in [-0.2, -0.15) is 0 Å². The lowest BCUT2D eigenvalue weighted by atomic mass is 9.87. The summed E-state index contributed by atoms with van der Waals surface area (Å²) in [4.78, 5) is 11.5. The second kappa shape index (κ2) is 8.70. The van der Waals surface area contributed by atoms with E-state index in [0.717, 1.165) is 11.1 Å². The molecule has 0 fully saturated rings. The number of hydrogen-bond donors (Lipinski definition) is 5. The minimum Gasteiger partial charge on any atom is -0.480 e. The summed E-state index contributed by atoms with van der Waals surface area (Å²) in [5.41, 5.74) is 2.07. The number of aliphatic carboxylic acids is 1. The summed E-state index contributed by atoms with van der Waals surface area (Å²) in [6, 6.07) is 6.48. The zero-order valence-electron chi connectivity index (χ0n) is 15.7. The van der Waals surface area contributed by atoms with Gasteiger partial charge >= 0.3 is 5.97 Å². The number of carboxylic acid groups (broad SMARTS) is 1. The Labute approximate surface area is 166 Å². The summed E-state index contributed by atoms with van der Waals surface area (Å²) in [7, 11) is 0. The van der Waals surface area contributed by atoms with Crippen LogP contribution in [0.2, 0.25) is 0 Å². The lowest BCUT2D eigenvalue weighted by Crippen LogP contribution is -2.48. The number of rotatable bonds is 7. The van der Waals surface area contributed by atoms with Gasteiger partial charge in [-0.1, -0.05) is 36.4 Å². The molecule has 0 bridgehead atoms. The minimum atomic E-state index is -1.49. The molecule has 3 rings (SSSR count). The van der Waals surface area contributed by atoms with E-state index in [1.54, 1.807) is 37.4 Å². The topological polar surface area (TPSA) is 158 Å². The van der Waals surface area contributed by atoms with Crippen LogP contribution in [0.4, 0.5) is 0 Å². The average molecular weight is 405 g/mol. The van der Waals surface area contributed by atoms with Gasteiger partial charge in [-0.15, -0.1) is 5.10 Å². The highest BCUT2D eigenvalue weighted by molar-refractivity contribution is 5.84. The first kappa shape index (κ1) is 20.9. The van der Waals surface area contributed by atoms with E-state index in [1.807, 2.05) is 0 Å². The van der Waals surface area contributed by atoms with Crippen molar-refractivity contribution < 1.29 is 35.1 Å². The Morgan fingerprint density at radius 1 is 1.24 bits per heavy atom. The normalized spacial score (nSPS) is 23.8. The molecule has 10 nitrogen and oxygen atoms in total. The fourth-order valence-corrected chi connectivity index (χ4v) is 3.28. The van der Waals surface area contributed by atoms with Crippen molar-refractivity contribution in [1.82, 2.24) is 15.0 Å². The third-order valence-corrected chi connectivity index (χ3v) is 5.02. The van der Waals surface area contributed by atoms with Gasteiger partial charge in [0.05, 0.1) is 25.5 Å². The molecule has 0 radical (unpaired) electrons. The SMILES string of the molecule is C[C@H]1[C@H]([C@H](O)[C@H](O)CO)OC(C(=O)O)=C[C@@H]1n1cc(-c2ccc(CO)cc2)nn1. The molecule has 156 valence electrons. The van der Waals surface area contributed by atoms with Crippen molar-refractivity contribution >= 4 is 5.97 Å². The van der Waals surface area contributed by atoms with E-state index in [1.165, 1.54) is 10.8 Å². The van der Waals surface area contributed by atoms with Crippen molar-refractivity contribution in [2.75, 3.05) is 6.61 Å². The van der Waals surface area contributed by atoms with Crippen LogP contribution in [0.1, 0.15) is 18.5 Å². The second-order valence-electron chi connectivity index (χ2n) is 6.95. The van der Waals surface area contributed by atoms with E-state index in [9.17, 15) is 20.1 Å². The maximum atomic E-state index is 11.5. The highest BCUT2D eigenvalue weighted by Crippen LogP contribution is 2.34. The van der Waals surface area contributed by atoms with Crippen LogP contribution < -0.4 is 0 Å². The Hall–Kier alpha value is -2.79. The Kier molecular flexibility index (Phi) is 6.28. The quantitative estimate of drug-likeness (QED) is 0.417.